The Morgan fingerprint density at radius 2 is 2.50 bits per heavy atom. The van der Waals surface area contributed by atoms with Crippen molar-refractivity contribution < 1.29 is 9.53 Å². The van der Waals surface area contributed by atoms with Crippen molar-refractivity contribution in [2.75, 3.05) is 25.1 Å². The van der Waals surface area contributed by atoms with E-state index in [4.69, 9.17) is 0 Å². The SMILES string of the molecule is COC(=O)CCN1CCCc2cc[c]cc21. The van der Waals surface area contributed by atoms with Gasteiger partial charge in [-0.3, -0.25) is 4.79 Å². The van der Waals surface area contributed by atoms with Crippen molar-refractivity contribution in [3.8, 4) is 0 Å². The van der Waals surface area contributed by atoms with Gasteiger partial charge in [-0.15, -0.1) is 0 Å². The van der Waals surface area contributed by atoms with Crippen LogP contribution in [-0.2, 0) is 16.0 Å². The van der Waals surface area contributed by atoms with E-state index >= 15 is 0 Å². The molecular formula is C13H16NO2. The second kappa shape index (κ2) is 5.01. The van der Waals surface area contributed by atoms with Crippen molar-refractivity contribution in [2.24, 2.45) is 0 Å². The second-order valence-corrected chi connectivity index (χ2v) is 3.97. The first-order valence-electron chi connectivity index (χ1n) is 5.62. The quantitative estimate of drug-likeness (QED) is 0.724. The van der Waals surface area contributed by atoms with Crippen molar-refractivity contribution in [3.05, 3.63) is 29.8 Å². The van der Waals surface area contributed by atoms with Gasteiger partial charge in [0.05, 0.1) is 13.5 Å². The molecule has 0 atom stereocenters. The Kier molecular flexibility index (Phi) is 3.44. The lowest BCUT2D eigenvalue weighted by atomic mass is 10.0. The highest BCUT2D eigenvalue weighted by Gasteiger charge is 2.16. The molecule has 16 heavy (non-hydrogen) atoms. The van der Waals surface area contributed by atoms with Crippen molar-refractivity contribution in [3.63, 3.8) is 0 Å². The Morgan fingerprint density at radius 3 is 3.31 bits per heavy atom. The molecule has 0 bridgehead atoms. The summed E-state index contributed by atoms with van der Waals surface area (Å²) in [7, 11) is 1.43. The first kappa shape index (κ1) is 11.0. The molecule has 1 aromatic carbocycles. The summed E-state index contributed by atoms with van der Waals surface area (Å²) in [5, 5.41) is 0. The summed E-state index contributed by atoms with van der Waals surface area (Å²) in [6, 6.07) is 9.16. The normalized spacial score (nSPS) is 14.4. The molecule has 0 spiro atoms. The van der Waals surface area contributed by atoms with Gasteiger partial charge in [0.15, 0.2) is 0 Å². The standard InChI is InChI=1S/C13H16NO2/c1-16-13(15)8-10-14-9-4-6-11-5-2-3-7-12(11)14/h2,5,7H,4,6,8-10H2,1H3. The topological polar surface area (TPSA) is 29.5 Å². The third kappa shape index (κ3) is 2.35. The Labute approximate surface area is 96.0 Å². The first-order chi connectivity index (χ1) is 7.81. The van der Waals surface area contributed by atoms with Crippen LogP contribution >= 0.6 is 0 Å². The van der Waals surface area contributed by atoms with Crippen molar-refractivity contribution >= 4 is 11.7 Å². The molecule has 1 radical (unpaired) electrons. The summed E-state index contributed by atoms with van der Waals surface area (Å²) < 4.78 is 4.66. The number of carbonyl (C=O) groups is 1. The number of rotatable bonds is 3. The van der Waals surface area contributed by atoms with Crippen molar-refractivity contribution in [1.29, 1.82) is 0 Å². The maximum atomic E-state index is 11.1. The third-order valence-electron chi connectivity index (χ3n) is 2.96. The summed E-state index contributed by atoms with van der Waals surface area (Å²) in [4.78, 5) is 13.4. The van der Waals surface area contributed by atoms with Gasteiger partial charge in [0.25, 0.3) is 0 Å². The molecule has 0 amide bonds. The Hall–Kier alpha value is -1.51. The van der Waals surface area contributed by atoms with Gasteiger partial charge in [-0.1, -0.05) is 12.1 Å². The molecule has 1 aliphatic rings. The lowest BCUT2D eigenvalue weighted by Gasteiger charge is -2.30. The zero-order chi connectivity index (χ0) is 11.4. The molecule has 0 fully saturated rings. The molecule has 0 saturated carbocycles. The van der Waals surface area contributed by atoms with Crippen LogP contribution in [0, 0.1) is 6.07 Å². The lowest BCUT2D eigenvalue weighted by molar-refractivity contribution is -0.140. The highest BCUT2D eigenvalue weighted by atomic mass is 16.5. The number of hydrogen-bond acceptors (Lipinski definition) is 3. The van der Waals surface area contributed by atoms with Crippen LogP contribution in [0.15, 0.2) is 18.2 Å². The molecule has 1 heterocycles. The van der Waals surface area contributed by atoms with Gasteiger partial charge in [0, 0.05) is 18.8 Å². The zero-order valence-electron chi connectivity index (χ0n) is 9.53. The monoisotopic (exact) mass is 218 g/mol. The smallest absolute Gasteiger partial charge is 0.307 e. The van der Waals surface area contributed by atoms with E-state index in [-0.39, 0.29) is 5.97 Å². The van der Waals surface area contributed by atoms with Crippen LogP contribution in [0.4, 0.5) is 5.69 Å². The Balaban J connectivity index is 2.04. The second-order valence-electron chi connectivity index (χ2n) is 3.97. The predicted molar refractivity (Wildman–Crippen MR) is 62.4 cm³/mol. The van der Waals surface area contributed by atoms with Crippen LogP contribution in [0.2, 0.25) is 0 Å². The van der Waals surface area contributed by atoms with Gasteiger partial charge in [0.2, 0.25) is 0 Å². The highest BCUT2D eigenvalue weighted by molar-refractivity contribution is 5.70. The van der Waals surface area contributed by atoms with Crippen LogP contribution in [0.3, 0.4) is 0 Å². The average Bonchev–Trinajstić information content (AvgIpc) is 2.35. The molecule has 0 unspecified atom stereocenters. The Morgan fingerprint density at radius 1 is 1.62 bits per heavy atom. The molecule has 1 aromatic rings. The molecular weight excluding hydrogens is 202 g/mol. The number of anilines is 1. The number of benzene rings is 1. The average molecular weight is 218 g/mol. The fourth-order valence-electron chi connectivity index (χ4n) is 2.10. The maximum Gasteiger partial charge on any atom is 0.307 e. The third-order valence-corrected chi connectivity index (χ3v) is 2.96. The molecule has 0 saturated heterocycles. The number of aryl methyl sites for hydroxylation is 1. The molecule has 1 aliphatic heterocycles. The van der Waals surface area contributed by atoms with E-state index in [2.05, 4.69) is 21.8 Å². The van der Waals surface area contributed by atoms with Crippen LogP contribution in [0.5, 0.6) is 0 Å². The zero-order valence-corrected chi connectivity index (χ0v) is 9.53. The number of hydrogen-bond donors (Lipinski definition) is 0. The predicted octanol–water partition coefficient (Wildman–Crippen LogP) is 1.80. The van der Waals surface area contributed by atoms with Crippen LogP contribution in [-0.4, -0.2) is 26.2 Å². The minimum atomic E-state index is -0.146. The van der Waals surface area contributed by atoms with Crippen LogP contribution in [0.25, 0.3) is 0 Å². The highest BCUT2D eigenvalue weighted by Crippen LogP contribution is 2.26. The molecule has 0 N–H and O–H groups in total. The summed E-state index contributed by atoms with van der Waals surface area (Å²) >= 11 is 0. The number of methoxy groups -OCH3 is 1. The minimum absolute atomic E-state index is 0.146. The molecule has 85 valence electrons. The number of nitrogens with zero attached hydrogens (tertiary/aromatic N) is 1. The fourth-order valence-corrected chi connectivity index (χ4v) is 2.10. The first-order valence-corrected chi connectivity index (χ1v) is 5.62. The number of esters is 1. The summed E-state index contributed by atoms with van der Waals surface area (Å²) in [5.41, 5.74) is 2.58. The molecule has 3 nitrogen and oxygen atoms in total. The summed E-state index contributed by atoms with van der Waals surface area (Å²) in [6.07, 6.45) is 2.72. The molecule has 0 aromatic heterocycles. The van der Waals surface area contributed by atoms with Gasteiger partial charge in [-0.05, 0) is 30.5 Å². The number of fused-ring (bicyclic) bond motifs is 1. The van der Waals surface area contributed by atoms with E-state index in [1.165, 1.54) is 18.4 Å². The van der Waals surface area contributed by atoms with Crippen LogP contribution < -0.4 is 4.90 Å². The fraction of sp³-hybridized carbons (Fsp3) is 0.462. The van der Waals surface area contributed by atoms with Crippen molar-refractivity contribution in [1.82, 2.24) is 0 Å². The van der Waals surface area contributed by atoms with E-state index in [1.807, 2.05) is 12.1 Å². The van der Waals surface area contributed by atoms with E-state index in [9.17, 15) is 4.79 Å². The van der Waals surface area contributed by atoms with Gasteiger partial charge in [-0.25, -0.2) is 0 Å². The number of carbonyl (C=O) groups excluding carboxylic acids is 1. The van der Waals surface area contributed by atoms with E-state index in [0.29, 0.717) is 6.42 Å². The molecule has 3 heteroatoms. The van der Waals surface area contributed by atoms with Gasteiger partial charge >= 0.3 is 5.97 Å². The van der Waals surface area contributed by atoms with E-state index < -0.39 is 0 Å². The summed E-state index contributed by atoms with van der Waals surface area (Å²) in [5.74, 6) is -0.146. The maximum absolute atomic E-state index is 11.1. The van der Waals surface area contributed by atoms with E-state index in [1.54, 1.807) is 0 Å². The van der Waals surface area contributed by atoms with Gasteiger partial charge < -0.3 is 9.64 Å². The molecule has 2 rings (SSSR count). The van der Waals surface area contributed by atoms with Crippen LogP contribution in [0.1, 0.15) is 18.4 Å². The number of ether oxygens (including phenoxy) is 1. The summed E-state index contributed by atoms with van der Waals surface area (Å²) in [6.45, 7) is 1.75. The van der Waals surface area contributed by atoms with Gasteiger partial charge in [-0.2, -0.15) is 0 Å². The van der Waals surface area contributed by atoms with E-state index in [0.717, 1.165) is 25.9 Å². The minimum Gasteiger partial charge on any atom is -0.469 e. The largest absolute Gasteiger partial charge is 0.469 e. The van der Waals surface area contributed by atoms with Gasteiger partial charge in [0.1, 0.15) is 0 Å². The molecule has 0 aliphatic carbocycles. The Bertz CT molecular complexity index is 376. The van der Waals surface area contributed by atoms with Crippen molar-refractivity contribution in [2.45, 2.75) is 19.3 Å². The lowest BCUT2D eigenvalue weighted by Crippen LogP contribution is -2.31.